The number of benzene rings is 2. The minimum Gasteiger partial charge on any atom is -0.466 e. The van der Waals surface area contributed by atoms with Gasteiger partial charge in [0.05, 0.1) is 5.87 Å². The zero-order chi connectivity index (χ0) is 21.9. The minimum absolute atomic E-state index is 0.0720. The van der Waals surface area contributed by atoms with E-state index >= 15 is 0 Å². The van der Waals surface area contributed by atoms with E-state index in [1.807, 2.05) is 6.07 Å². The van der Waals surface area contributed by atoms with Crippen LogP contribution in [0.25, 0.3) is 0 Å². The number of hydrogen-bond donors (Lipinski definition) is 2. The van der Waals surface area contributed by atoms with Crippen molar-refractivity contribution in [3.63, 3.8) is 0 Å². The quantitative estimate of drug-likeness (QED) is 0.416. The number of carbonyl (C=O) groups excluding carboxylic acids is 2. The van der Waals surface area contributed by atoms with Crippen molar-refractivity contribution in [1.29, 1.82) is 0 Å². The van der Waals surface area contributed by atoms with Crippen molar-refractivity contribution in [1.82, 2.24) is 4.90 Å². The third kappa shape index (κ3) is 4.44. The molecule has 9 heteroatoms. The van der Waals surface area contributed by atoms with Gasteiger partial charge in [-0.05, 0) is 42.8 Å². The number of amides is 2. The molecule has 3 rings (SSSR count). The predicted octanol–water partition coefficient (Wildman–Crippen LogP) is 4.25. The summed E-state index contributed by atoms with van der Waals surface area (Å²) in [5.41, 5.74) is -0.249. The van der Waals surface area contributed by atoms with Gasteiger partial charge in [-0.2, -0.15) is 0 Å². The van der Waals surface area contributed by atoms with Crippen molar-refractivity contribution in [2.75, 3.05) is 12.0 Å². The van der Waals surface area contributed by atoms with Crippen LogP contribution in [0.2, 0.25) is 10.0 Å². The molecule has 0 aliphatic carbocycles. The molecule has 2 amide bonds. The summed E-state index contributed by atoms with van der Waals surface area (Å²) in [5.74, 6) is 0.650. The first-order valence-electron chi connectivity index (χ1n) is 8.97. The van der Waals surface area contributed by atoms with Gasteiger partial charge in [-0.15, -0.1) is 0 Å². The van der Waals surface area contributed by atoms with Crippen molar-refractivity contribution < 1.29 is 19.5 Å². The van der Waals surface area contributed by atoms with E-state index in [1.165, 1.54) is 4.90 Å². The maximum Gasteiger partial charge on any atom is 0.249 e. The van der Waals surface area contributed by atoms with Gasteiger partial charge in [-0.1, -0.05) is 53.5 Å². The molecule has 1 saturated heterocycles. The van der Waals surface area contributed by atoms with E-state index in [0.717, 1.165) is 0 Å². The van der Waals surface area contributed by atoms with Crippen LogP contribution in [0.5, 0.6) is 0 Å². The van der Waals surface area contributed by atoms with Crippen molar-refractivity contribution in [2.45, 2.75) is 25.3 Å². The maximum atomic E-state index is 13.4. The summed E-state index contributed by atoms with van der Waals surface area (Å²) in [4.78, 5) is 27.7. The third-order valence-corrected chi connectivity index (χ3v) is 5.20. The highest BCUT2D eigenvalue weighted by molar-refractivity contribution is 6.35. The van der Waals surface area contributed by atoms with Crippen LogP contribution in [0, 0.1) is 0 Å². The summed E-state index contributed by atoms with van der Waals surface area (Å²) in [7, 11) is 0. The van der Waals surface area contributed by atoms with Crippen LogP contribution in [-0.4, -0.2) is 40.1 Å². The number of anilines is 1. The fraction of sp³-hybridized carbons (Fsp3) is 0.238. The largest absolute Gasteiger partial charge is 0.466 e. The fourth-order valence-corrected chi connectivity index (χ4v) is 3.63. The second kappa shape index (κ2) is 8.79. The monoisotopic (exact) mass is 447 g/mol. The molecule has 2 aromatic carbocycles. The molecule has 1 unspecified atom stereocenters. The van der Waals surface area contributed by atoms with E-state index in [4.69, 9.17) is 33.1 Å². The Labute approximate surface area is 183 Å². The lowest BCUT2D eigenvalue weighted by atomic mass is 9.91. The van der Waals surface area contributed by atoms with Crippen LogP contribution in [0.15, 0.2) is 59.4 Å². The Morgan fingerprint density at radius 1 is 1.23 bits per heavy atom. The first kappa shape index (κ1) is 21.7. The summed E-state index contributed by atoms with van der Waals surface area (Å²) >= 11 is 12.0. The second-order valence-corrected chi connectivity index (χ2v) is 8.00. The van der Waals surface area contributed by atoms with E-state index < -0.39 is 17.4 Å². The molecule has 2 aromatic rings. The third-order valence-electron chi connectivity index (χ3n) is 4.77. The molecule has 1 aliphatic heterocycles. The van der Waals surface area contributed by atoms with Crippen molar-refractivity contribution >= 4 is 46.6 Å². The Balaban J connectivity index is 1.90. The van der Waals surface area contributed by atoms with Gasteiger partial charge in [0.15, 0.2) is 12.5 Å². The van der Waals surface area contributed by atoms with Gasteiger partial charge in [-0.3, -0.25) is 14.5 Å². The van der Waals surface area contributed by atoms with Gasteiger partial charge < -0.3 is 15.3 Å². The van der Waals surface area contributed by atoms with Crippen LogP contribution < -0.4 is 5.32 Å². The van der Waals surface area contributed by atoms with Gasteiger partial charge in [0.1, 0.15) is 11.5 Å². The first-order chi connectivity index (χ1) is 14.2. The van der Waals surface area contributed by atoms with E-state index in [0.29, 0.717) is 21.3 Å². The van der Waals surface area contributed by atoms with Gasteiger partial charge in [0.25, 0.3) is 0 Å². The molecular weight excluding hydrogens is 429 g/mol. The molecule has 1 atom stereocenters. The van der Waals surface area contributed by atoms with Gasteiger partial charge in [0, 0.05) is 15.7 Å². The Morgan fingerprint density at radius 3 is 2.47 bits per heavy atom. The molecule has 0 spiro atoms. The summed E-state index contributed by atoms with van der Waals surface area (Å²) in [6, 6.07) is 13.5. The second-order valence-electron chi connectivity index (χ2n) is 7.13. The van der Waals surface area contributed by atoms with Crippen LogP contribution in [-0.2, 0) is 14.3 Å². The molecule has 0 bridgehead atoms. The van der Waals surface area contributed by atoms with E-state index in [-0.39, 0.29) is 18.4 Å². The number of hydrogen-bond acceptors (Lipinski definition) is 5. The molecule has 0 aromatic heterocycles. The molecule has 7 nitrogen and oxygen atoms in total. The molecular formula is C21H19Cl2N3O4. The van der Waals surface area contributed by atoms with Crippen molar-refractivity contribution in [2.24, 2.45) is 5.16 Å². The molecule has 2 N–H and O–H groups in total. The Kier molecular flexibility index (Phi) is 6.37. The summed E-state index contributed by atoms with van der Waals surface area (Å²) in [6.07, 6.45) is 0. The molecule has 156 valence electrons. The molecule has 1 heterocycles. The number of ether oxygens (including phenoxy) is 1. The van der Waals surface area contributed by atoms with E-state index in [9.17, 15) is 9.59 Å². The van der Waals surface area contributed by atoms with Crippen LogP contribution in [0.4, 0.5) is 5.69 Å². The van der Waals surface area contributed by atoms with Gasteiger partial charge in [-0.25, -0.2) is 0 Å². The zero-order valence-electron chi connectivity index (χ0n) is 16.2. The van der Waals surface area contributed by atoms with E-state index in [2.05, 4.69) is 16.3 Å². The fourth-order valence-electron chi connectivity index (χ4n) is 3.10. The van der Waals surface area contributed by atoms with Crippen LogP contribution in [0.1, 0.15) is 25.3 Å². The lowest BCUT2D eigenvalue weighted by molar-refractivity contribution is -0.156. The molecule has 30 heavy (non-hydrogen) atoms. The summed E-state index contributed by atoms with van der Waals surface area (Å²) < 4.78 is 5.63. The molecule has 0 saturated carbocycles. The predicted molar refractivity (Wildman–Crippen MR) is 114 cm³/mol. The normalized spacial score (nSPS) is 16.5. The lowest BCUT2D eigenvalue weighted by Gasteiger charge is -2.42. The standard InChI is InChI=1S/C21H19Cl2N3O4/c1-21(2,20(28)25-16-9-14(22)8-15(23)10-16)26-12-30-17(11-24-29)18(19(26)27)13-6-4-3-5-7-13/h3-10,18,29H,12H2,1-2H3,(H,25,28). The summed E-state index contributed by atoms with van der Waals surface area (Å²) in [6.45, 7) is 3.00. The maximum absolute atomic E-state index is 13.4. The van der Waals surface area contributed by atoms with Crippen LogP contribution >= 0.6 is 23.2 Å². The van der Waals surface area contributed by atoms with Crippen molar-refractivity contribution in [3.8, 4) is 0 Å². The van der Waals surface area contributed by atoms with E-state index in [1.54, 1.807) is 56.3 Å². The molecule has 1 aliphatic rings. The molecule has 0 radical (unpaired) electrons. The number of halogens is 2. The van der Waals surface area contributed by atoms with Crippen LogP contribution in [0.3, 0.4) is 0 Å². The minimum atomic E-state index is -1.28. The number of nitrogens with zero attached hydrogens (tertiary/aromatic N) is 2. The topological polar surface area (TPSA) is 91.2 Å². The average molecular weight is 448 g/mol. The zero-order valence-corrected chi connectivity index (χ0v) is 17.7. The Hall–Kier alpha value is -2.99. The number of carbonyl (C=O) groups is 2. The Bertz CT molecular complexity index is 1010. The van der Waals surface area contributed by atoms with Gasteiger partial charge in [0.2, 0.25) is 11.8 Å². The smallest absolute Gasteiger partial charge is 0.249 e. The SMILES string of the molecule is CC(C)(C(=O)Nc1cc(Cl)cc(Cl)c1)N1COC(=C=NO)C(c2ccccc2)C1=O. The summed E-state index contributed by atoms with van der Waals surface area (Å²) in [5, 5.41) is 15.2. The molecule has 1 fully saturated rings. The van der Waals surface area contributed by atoms with Crippen molar-refractivity contribution in [3.05, 3.63) is 69.9 Å². The average Bonchev–Trinajstić information content (AvgIpc) is 2.68. The highest BCUT2D eigenvalue weighted by Gasteiger charge is 2.45. The highest BCUT2D eigenvalue weighted by atomic mass is 35.5. The number of nitrogens with one attached hydrogen (secondary N) is 1. The highest BCUT2D eigenvalue weighted by Crippen LogP contribution is 2.34. The number of rotatable bonds is 4. The van der Waals surface area contributed by atoms with Gasteiger partial charge >= 0.3 is 0 Å². The lowest BCUT2D eigenvalue weighted by Crippen LogP contribution is -2.59. The Morgan fingerprint density at radius 2 is 1.87 bits per heavy atom. The first-order valence-corrected chi connectivity index (χ1v) is 9.73.